The predicted octanol–water partition coefficient (Wildman–Crippen LogP) is 2.77. The zero-order valence-corrected chi connectivity index (χ0v) is 11.6. The van der Waals surface area contributed by atoms with Crippen molar-refractivity contribution in [2.45, 2.75) is 24.0 Å². The second kappa shape index (κ2) is 5.45. The van der Waals surface area contributed by atoms with Crippen LogP contribution in [0.1, 0.15) is 13.8 Å². The molecule has 0 fully saturated rings. The molecule has 0 aliphatic carbocycles. The highest BCUT2D eigenvalue weighted by Crippen LogP contribution is 2.53. The number of phenols is 1. The summed E-state index contributed by atoms with van der Waals surface area (Å²) in [5.74, 6) is 0.0910. The Hall–Kier alpha value is -1.16. The molecule has 0 saturated carbocycles. The van der Waals surface area contributed by atoms with Gasteiger partial charge in [-0.15, -0.1) is 0 Å². The number of hydrogen-bond acceptors (Lipinski definition) is 3. The smallest absolute Gasteiger partial charge is 0.317 e. The molecule has 1 N–H and O–H groups in total. The highest BCUT2D eigenvalue weighted by molar-refractivity contribution is 8.33. The molecule has 0 aliphatic heterocycles. The Morgan fingerprint density at radius 2 is 1.88 bits per heavy atom. The van der Waals surface area contributed by atoms with E-state index in [9.17, 15) is 9.90 Å². The number of rotatable bonds is 4. The van der Waals surface area contributed by atoms with Gasteiger partial charge < -0.3 is 9.84 Å². The molecule has 96 valence electrons. The van der Waals surface area contributed by atoms with Crippen LogP contribution < -0.4 is 0 Å². The van der Waals surface area contributed by atoms with Crippen LogP contribution in [0.25, 0.3) is 0 Å². The van der Waals surface area contributed by atoms with Crippen LogP contribution in [-0.2, 0) is 9.53 Å². The standard InChI is InChI=1S/C13H20O3S/c1-5-16-13(15)10(2)17(3,4)12-8-6-11(14)7-9-12/h6-10,14H,5H2,1-4H3. The van der Waals surface area contributed by atoms with Gasteiger partial charge in [-0.05, 0) is 55.5 Å². The van der Waals surface area contributed by atoms with Gasteiger partial charge in [0.15, 0.2) is 0 Å². The van der Waals surface area contributed by atoms with Crippen LogP contribution in [0.2, 0.25) is 0 Å². The monoisotopic (exact) mass is 256 g/mol. The summed E-state index contributed by atoms with van der Waals surface area (Å²) < 4.78 is 5.07. The van der Waals surface area contributed by atoms with Crippen LogP contribution >= 0.6 is 10.0 Å². The van der Waals surface area contributed by atoms with Gasteiger partial charge >= 0.3 is 5.97 Å². The topological polar surface area (TPSA) is 46.5 Å². The van der Waals surface area contributed by atoms with Crippen LogP contribution in [0.4, 0.5) is 0 Å². The average molecular weight is 256 g/mol. The molecule has 0 heterocycles. The van der Waals surface area contributed by atoms with Gasteiger partial charge in [-0.3, -0.25) is 4.79 Å². The summed E-state index contributed by atoms with van der Waals surface area (Å²) in [5.41, 5.74) is 0. The fourth-order valence-electron chi connectivity index (χ4n) is 1.50. The number of carbonyl (C=O) groups excluding carboxylic acids is 1. The molecule has 3 nitrogen and oxygen atoms in total. The van der Waals surface area contributed by atoms with E-state index in [2.05, 4.69) is 12.5 Å². The largest absolute Gasteiger partial charge is 0.508 e. The van der Waals surface area contributed by atoms with Crippen molar-refractivity contribution in [1.29, 1.82) is 0 Å². The van der Waals surface area contributed by atoms with Crippen LogP contribution in [0.3, 0.4) is 0 Å². The first-order chi connectivity index (χ1) is 7.89. The molecule has 1 unspecified atom stereocenters. The summed E-state index contributed by atoms with van der Waals surface area (Å²) in [6, 6.07) is 7.06. The summed E-state index contributed by atoms with van der Waals surface area (Å²) in [6.07, 6.45) is 4.17. The Kier molecular flexibility index (Phi) is 4.46. The fourth-order valence-corrected chi connectivity index (χ4v) is 3.30. The molecule has 1 aromatic rings. The maximum Gasteiger partial charge on any atom is 0.317 e. The van der Waals surface area contributed by atoms with Crippen LogP contribution in [0.15, 0.2) is 29.2 Å². The third kappa shape index (κ3) is 3.16. The van der Waals surface area contributed by atoms with Crippen molar-refractivity contribution in [3.8, 4) is 5.75 Å². The van der Waals surface area contributed by atoms with Crippen molar-refractivity contribution in [3.63, 3.8) is 0 Å². The SMILES string of the molecule is CCOC(=O)C(C)S(C)(C)c1ccc(O)cc1. The molecule has 0 radical (unpaired) electrons. The molecule has 0 aliphatic rings. The van der Waals surface area contributed by atoms with Crippen molar-refractivity contribution in [2.75, 3.05) is 19.1 Å². The lowest BCUT2D eigenvalue weighted by atomic mass is 10.3. The predicted molar refractivity (Wildman–Crippen MR) is 71.9 cm³/mol. The van der Waals surface area contributed by atoms with Gasteiger partial charge in [0.1, 0.15) is 5.75 Å². The third-order valence-electron chi connectivity index (χ3n) is 2.95. The number of carbonyl (C=O) groups is 1. The van der Waals surface area contributed by atoms with Crippen LogP contribution in [-0.4, -0.2) is 35.4 Å². The van der Waals surface area contributed by atoms with Crippen molar-refractivity contribution in [3.05, 3.63) is 24.3 Å². The minimum absolute atomic E-state index is 0.146. The summed E-state index contributed by atoms with van der Waals surface area (Å²) in [4.78, 5) is 12.9. The van der Waals surface area contributed by atoms with E-state index >= 15 is 0 Å². The van der Waals surface area contributed by atoms with Gasteiger partial charge in [0.2, 0.25) is 0 Å². The molecule has 1 atom stereocenters. The lowest BCUT2D eigenvalue weighted by molar-refractivity contribution is -0.142. The van der Waals surface area contributed by atoms with Gasteiger partial charge in [-0.1, -0.05) is 0 Å². The quantitative estimate of drug-likeness (QED) is 0.843. The van der Waals surface area contributed by atoms with Crippen LogP contribution in [0, 0.1) is 0 Å². The average Bonchev–Trinajstić information content (AvgIpc) is 2.29. The lowest BCUT2D eigenvalue weighted by Crippen LogP contribution is -2.25. The van der Waals surface area contributed by atoms with Gasteiger partial charge in [0.05, 0.1) is 11.9 Å². The van der Waals surface area contributed by atoms with E-state index in [1.807, 2.05) is 26.0 Å². The van der Waals surface area contributed by atoms with E-state index in [4.69, 9.17) is 4.74 Å². The highest BCUT2D eigenvalue weighted by Gasteiger charge is 2.29. The number of esters is 1. The molecule has 1 aromatic carbocycles. The molecule has 0 saturated heterocycles. The second-order valence-corrected chi connectivity index (χ2v) is 8.28. The first-order valence-electron chi connectivity index (χ1n) is 5.57. The normalized spacial score (nSPS) is 14.1. The van der Waals surface area contributed by atoms with Crippen molar-refractivity contribution in [2.24, 2.45) is 0 Å². The minimum atomic E-state index is -1.26. The first kappa shape index (κ1) is 13.9. The molecule has 0 spiro atoms. The van der Waals surface area contributed by atoms with E-state index in [0.29, 0.717) is 6.61 Å². The minimum Gasteiger partial charge on any atom is -0.508 e. The number of phenolic OH excluding ortho intramolecular Hbond substituents is 1. The van der Waals surface area contributed by atoms with E-state index in [-0.39, 0.29) is 17.0 Å². The summed E-state index contributed by atoms with van der Waals surface area (Å²) in [7, 11) is -1.26. The van der Waals surface area contributed by atoms with E-state index < -0.39 is 10.0 Å². The second-order valence-electron chi connectivity index (χ2n) is 4.29. The zero-order valence-electron chi connectivity index (χ0n) is 10.8. The Morgan fingerprint density at radius 3 is 2.35 bits per heavy atom. The molecule has 17 heavy (non-hydrogen) atoms. The lowest BCUT2D eigenvalue weighted by Gasteiger charge is -2.36. The van der Waals surface area contributed by atoms with Crippen LogP contribution in [0.5, 0.6) is 5.75 Å². The molecule has 0 aromatic heterocycles. The van der Waals surface area contributed by atoms with Gasteiger partial charge in [-0.25, -0.2) is 10.0 Å². The molecule has 0 bridgehead atoms. The molecular formula is C13H20O3S. The zero-order chi connectivity index (χ0) is 13.1. The van der Waals surface area contributed by atoms with Crippen molar-refractivity contribution in [1.82, 2.24) is 0 Å². The number of hydrogen-bond donors (Lipinski definition) is 1. The number of ether oxygens (including phenoxy) is 1. The van der Waals surface area contributed by atoms with E-state index in [1.54, 1.807) is 12.1 Å². The highest BCUT2D eigenvalue weighted by atomic mass is 32.3. The molecule has 4 heteroatoms. The van der Waals surface area contributed by atoms with Crippen molar-refractivity contribution >= 4 is 16.0 Å². The Labute approximate surface area is 104 Å². The van der Waals surface area contributed by atoms with E-state index in [0.717, 1.165) is 4.90 Å². The Bertz CT molecular complexity index is 384. The summed E-state index contributed by atoms with van der Waals surface area (Å²) >= 11 is 0. The molecule has 1 rings (SSSR count). The van der Waals surface area contributed by atoms with Crippen molar-refractivity contribution < 1.29 is 14.6 Å². The first-order valence-corrected chi connectivity index (χ1v) is 8.08. The Morgan fingerprint density at radius 1 is 1.35 bits per heavy atom. The maximum absolute atomic E-state index is 11.8. The Balaban J connectivity index is 2.93. The van der Waals surface area contributed by atoms with Gasteiger partial charge in [0, 0.05) is 0 Å². The van der Waals surface area contributed by atoms with Gasteiger partial charge in [0.25, 0.3) is 0 Å². The molecule has 0 amide bonds. The summed E-state index contributed by atoms with van der Waals surface area (Å²) in [5, 5.41) is 9.13. The molecular weight excluding hydrogens is 236 g/mol. The number of benzene rings is 1. The summed E-state index contributed by atoms with van der Waals surface area (Å²) in [6.45, 7) is 4.13. The third-order valence-corrected chi connectivity index (χ3v) is 6.39. The fraction of sp³-hybridized carbons (Fsp3) is 0.462. The van der Waals surface area contributed by atoms with Gasteiger partial charge in [-0.2, -0.15) is 0 Å². The van der Waals surface area contributed by atoms with E-state index in [1.165, 1.54) is 0 Å². The maximum atomic E-state index is 11.8. The number of aromatic hydroxyl groups is 1.